The smallest absolute Gasteiger partial charge is 0.230 e. The molecule has 1 aromatic carbocycles. The highest BCUT2D eigenvalue weighted by atomic mass is 19.1. The molecule has 4 nitrogen and oxygen atoms in total. The van der Waals surface area contributed by atoms with Crippen LogP contribution in [0.5, 0.6) is 0 Å². The van der Waals surface area contributed by atoms with Crippen molar-refractivity contribution >= 4 is 0 Å². The SMILES string of the molecule is Cc1cc(F)cc(-c2noc(C3CCC(O)CC3)n2)c1. The van der Waals surface area contributed by atoms with Crippen LogP contribution in [0.3, 0.4) is 0 Å². The number of aromatic nitrogens is 2. The lowest BCUT2D eigenvalue weighted by molar-refractivity contribution is 0.116. The Morgan fingerprint density at radius 2 is 1.95 bits per heavy atom. The van der Waals surface area contributed by atoms with Crippen LogP contribution < -0.4 is 0 Å². The van der Waals surface area contributed by atoms with E-state index in [4.69, 9.17) is 4.52 Å². The van der Waals surface area contributed by atoms with Gasteiger partial charge in [-0.05, 0) is 56.4 Å². The third-order valence-corrected chi connectivity index (χ3v) is 3.79. The molecule has 0 unspecified atom stereocenters. The summed E-state index contributed by atoms with van der Waals surface area (Å²) in [5.74, 6) is 0.920. The molecule has 1 saturated carbocycles. The first-order valence-corrected chi connectivity index (χ1v) is 6.91. The average Bonchev–Trinajstić information content (AvgIpc) is 2.88. The quantitative estimate of drug-likeness (QED) is 0.915. The molecule has 1 heterocycles. The van der Waals surface area contributed by atoms with Gasteiger partial charge in [0, 0.05) is 11.5 Å². The second-order valence-electron chi connectivity index (χ2n) is 5.48. The van der Waals surface area contributed by atoms with Crippen LogP contribution in [0.15, 0.2) is 22.7 Å². The van der Waals surface area contributed by atoms with Crippen LogP contribution in [0.25, 0.3) is 11.4 Å². The summed E-state index contributed by atoms with van der Waals surface area (Å²) in [6, 6.07) is 4.71. The monoisotopic (exact) mass is 276 g/mol. The first-order chi connectivity index (χ1) is 9.61. The van der Waals surface area contributed by atoms with Gasteiger partial charge in [-0.1, -0.05) is 5.16 Å². The fraction of sp³-hybridized carbons (Fsp3) is 0.467. The highest BCUT2D eigenvalue weighted by Crippen LogP contribution is 2.32. The van der Waals surface area contributed by atoms with Gasteiger partial charge in [0.1, 0.15) is 5.82 Å². The topological polar surface area (TPSA) is 59.2 Å². The highest BCUT2D eigenvalue weighted by Gasteiger charge is 2.25. The molecule has 0 saturated heterocycles. The molecule has 1 aliphatic rings. The lowest BCUT2D eigenvalue weighted by Crippen LogP contribution is -2.17. The summed E-state index contributed by atoms with van der Waals surface area (Å²) in [6.07, 6.45) is 3.03. The minimum absolute atomic E-state index is 0.203. The van der Waals surface area contributed by atoms with E-state index in [0.717, 1.165) is 31.2 Å². The Hall–Kier alpha value is -1.75. The number of aliphatic hydroxyl groups excluding tert-OH is 1. The van der Waals surface area contributed by atoms with Gasteiger partial charge in [-0.15, -0.1) is 0 Å². The molecule has 1 fully saturated rings. The normalized spacial score (nSPS) is 22.9. The zero-order chi connectivity index (χ0) is 14.1. The molecule has 0 atom stereocenters. The second kappa shape index (κ2) is 5.32. The highest BCUT2D eigenvalue weighted by molar-refractivity contribution is 5.55. The summed E-state index contributed by atoms with van der Waals surface area (Å²) in [4.78, 5) is 4.39. The Bertz CT molecular complexity index is 583. The van der Waals surface area contributed by atoms with Crippen molar-refractivity contribution in [2.45, 2.75) is 44.6 Å². The van der Waals surface area contributed by atoms with Gasteiger partial charge < -0.3 is 9.63 Å². The molecule has 0 radical (unpaired) electrons. The summed E-state index contributed by atoms with van der Waals surface area (Å²) < 4.78 is 18.7. The van der Waals surface area contributed by atoms with Crippen molar-refractivity contribution in [2.24, 2.45) is 0 Å². The molecular weight excluding hydrogens is 259 g/mol. The van der Waals surface area contributed by atoms with E-state index in [-0.39, 0.29) is 17.8 Å². The third-order valence-electron chi connectivity index (χ3n) is 3.79. The van der Waals surface area contributed by atoms with E-state index in [9.17, 15) is 9.50 Å². The van der Waals surface area contributed by atoms with Gasteiger partial charge in [0.2, 0.25) is 11.7 Å². The fourth-order valence-electron chi connectivity index (χ4n) is 2.71. The maximum atomic E-state index is 13.4. The van der Waals surface area contributed by atoms with Crippen molar-refractivity contribution in [3.63, 3.8) is 0 Å². The second-order valence-corrected chi connectivity index (χ2v) is 5.48. The van der Waals surface area contributed by atoms with Crippen LogP contribution in [0.4, 0.5) is 4.39 Å². The van der Waals surface area contributed by atoms with Crippen molar-refractivity contribution in [2.75, 3.05) is 0 Å². The first-order valence-electron chi connectivity index (χ1n) is 6.91. The number of rotatable bonds is 2. The predicted molar refractivity (Wildman–Crippen MR) is 71.6 cm³/mol. The summed E-state index contributed by atoms with van der Waals surface area (Å²) in [6.45, 7) is 1.83. The zero-order valence-corrected chi connectivity index (χ0v) is 11.3. The Kier molecular flexibility index (Phi) is 3.53. The van der Waals surface area contributed by atoms with Gasteiger partial charge >= 0.3 is 0 Å². The summed E-state index contributed by atoms with van der Waals surface area (Å²) in [7, 11) is 0. The standard InChI is InChI=1S/C15H17FN2O2/c1-9-6-11(8-12(16)7-9)14-17-15(20-18-14)10-2-4-13(19)5-3-10/h6-8,10,13,19H,2-5H2,1H3. The predicted octanol–water partition coefficient (Wildman–Crippen LogP) is 3.20. The molecule has 106 valence electrons. The summed E-state index contributed by atoms with van der Waals surface area (Å²) in [5, 5.41) is 13.5. The van der Waals surface area contributed by atoms with Crippen LogP contribution in [0.1, 0.15) is 43.1 Å². The molecule has 0 bridgehead atoms. The van der Waals surface area contributed by atoms with Gasteiger partial charge in [0.25, 0.3) is 0 Å². The van der Waals surface area contributed by atoms with Gasteiger partial charge in [0.05, 0.1) is 6.10 Å². The summed E-state index contributed by atoms with van der Waals surface area (Å²) >= 11 is 0. The number of benzene rings is 1. The molecular formula is C15H17FN2O2. The first kappa shape index (κ1) is 13.2. The van der Waals surface area contributed by atoms with Crippen LogP contribution in [-0.2, 0) is 0 Å². The van der Waals surface area contributed by atoms with Gasteiger partial charge in [-0.3, -0.25) is 0 Å². The number of hydrogen-bond donors (Lipinski definition) is 1. The van der Waals surface area contributed by atoms with E-state index in [1.807, 2.05) is 13.0 Å². The Morgan fingerprint density at radius 3 is 2.65 bits per heavy atom. The summed E-state index contributed by atoms with van der Waals surface area (Å²) in [5.41, 5.74) is 1.46. The molecule has 0 aliphatic heterocycles. The average molecular weight is 276 g/mol. The molecule has 1 aliphatic carbocycles. The Labute approximate surface area is 116 Å². The van der Waals surface area contributed by atoms with Crippen LogP contribution in [0.2, 0.25) is 0 Å². The maximum absolute atomic E-state index is 13.4. The molecule has 3 rings (SSSR count). The van der Waals surface area contributed by atoms with E-state index in [2.05, 4.69) is 10.1 Å². The van der Waals surface area contributed by atoms with E-state index in [1.165, 1.54) is 12.1 Å². The van der Waals surface area contributed by atoms with E-state index in [0.29, 0.717) is 17.3 Å². The number of nitrogens with zero attached hydrogens (tertiary/aromatic N) is 2. The Balaban J connectivity index is 1.83. The van der Waals surface area contributed by atoms with Crippen molar-refractivity contribution in [3.05, 3.63) is 35.5 Å². The lowest BCUT2D eigenvalue weighted by Gasteiger charge is -2.22. The van der Waals surface area contributed by atoms with Crippen LogP contribution in [0, 0.1) is 12.7 Å². The number of aryl methyl sites for hydroxylation is 1. The minimum Gasteiger partial charge on any atom is -0.393 e. The van der Waals surface area contributed by atoms with Crippen molar-refractivity contribution in [3.8, 4) is 11.4 Å². The minimum atomic E-state index is -0.299. The molecule has 1 aromatic heterocycles. The van der Waals surface area contributed by atoms with Crippen molar-refractivity contribution in [1.29, 1.82) is 0 Å². The molecule has 5 heteroatoms. The number of aliphatic hydroxyl groups is 1. The third kappa shape index (κ3) is 2.72. The van der Waals surface area contributed by atoms with Gasteiger partial charge in [-0.25, -0.2) is 4.39 Å². The Morgan fingerprint density at radius 1 is 1.20 bits per heavy atom. The van der Waals surface area contributed by atoms with E-state index in [1.54, 1.807) is 0 Å². The molecule has 20 heavy (non-hydrogen) atoms. The van der Waals surface area contributed by atoms with Crippen LogP contribution >= 0.6 is 0 Å². The largest absolute Gasteiger partial charge is 0.393 e. The van der Waals surface area contributed by atoms with Crippen molar-refractivity contribution < 1.29 is 14.0 Å². The number of halogens is 1. The lowest BCUT2D eigenvalue weighted by atomic mass is 9.87. The molecule has 0 spiro atoms. The van der Waals surface area contributed by atoms with Crippen LogP contribution in [-0.4, -0.2) is 21.4 Å². The zero-order valence-electron chi connectivity index (χ0n) is 11.3. The maximum Gasteiger partial charge on any atom is 0.230 e. The van der Waals surface area contributed by atoms with Crippen molar-refractivity contribution in [1.82, 2.24) is 10.1 Å². The molecule has 1 N–H and O–H groups in total. The molecule has 2 aromatic rings. The molecule has 0 amide bonds. The van der Waals surface area contributed by atoms with Gasteiger partial charge in [-0.2, -0.15) is 4.98 Å². The van der Waals surface area contributed by atoms with E-state index < -0.39 is 0 Å². The number of hydrogen-bond acceptors (Lipinski definition) is 4. The fourth-order valence-corrected chi connectivity index (χ4v) is 2.71. The van der Waals surface area contributed by atoms with E-state index >= 15 is 0 Å². The van der Waals surface area contributed by atoms with Gasteiger partial charge in [0.15, 0.2) is 0 Å².